The highest BCUT2D eigenvalue weighted by molar-refractivity contribution is 7.44. The van der Waals surface area contributed by atoms with Crippen molar-refractivity contribution >= 4 is 38.7 Å². The summed E-state index contributed by atoms with van der Waals surface area (Å²) in [5.74, 6) is 0.432. The number of amides is 3. The summed E-state index contributed by atoms with van der Waals surface area (Å²) >= 11 is 0. The van der Waals surface area contributed by atoms with Crippen LogP contribution in [0.15, 0.2) is 137 Å². The molecule has 5 aromatic rings. The number of carbonyl (C=O) groups is 3. The Morgan fingerprint density at radius 3 is 2.04 bits per heavy atom. The van der Waals surface area contributed by atoms with E-state index in [0.29, 0.717) is 17.9 Å². The molecular weight excluding hydrogens is 1020 g/mol. The minimum atomic E-state index is -1.74. The van der Waals surface area contributed by atoms with Crippen molar-refractivity contribution in [3.8, 4) is 28.7 Å². The van der Waals surface area contributed by atoms with Crippen molar-refractivity contribution in [3.63, 3.8) is 0 Å². The summed E-state index contributed by atoms with van der Waals surface area (Å²) < 4.78 is 47.1. The second kappa shape index (κ2) is 25.7. The van der Waals surface area contributed by atoms with Gasteiger partial charge in [0.1, 0.15) is 36.0 Å². The van der Waals surface area contributed by atoms with Gasteiger partial charge < -0.3 is 42.5 Å². The molecule has 1 fully saturated rings. The molecule has 4 aliphatic rings. The highest BCUT2D eigenvalue weighted by Crippen LogP contribution is 2.51. The predicted molar refractivity (Wildman–Crippen MR) is 300 cm³/mol. The topological polar surface area (TPSA) is 198 Å². The van der Waals surface area contributed by atoms with Crippen molar-refractivity contribution in [2.24, 2.45) is 9.98 Å². The Morgan fingerprint density at radius 2 is 1.44 bits per heavy atom. The number of ether oxygens (including phenoxy) is 5. The van der Waals surface area contributed by atoms with Gasteiger partial charge in [0.25, 0.3) is 14.4 Å². The molecule has 0 bridgehead atoms. The van der Waals surface area contributed by atoms with E-state index in [9.17, 15) is 19.6 Å². The monoisotopic (exact) mass is 1090 g/mol. The zero-order chi connectivity index (χ0) is 55.6. The van der Waals surface area contributed by atoms with Crippen molar-refractivity contribution in [2.45, 2.75) is 108 Å². The number of nitrogens with one attached hydrogen (secondary N) is 2. The molecule has 0 saturated carbocycles. The third kappa shape index (κ3) is 12.5. The SMILES string of the molecule is COc1ccc(C(OC[C@H]2O[C@@H](N3C=NC4C(=O)NC(NC(=O)CCCN(C)C(=O)OCC5c6ccccc6-c6ccccc65)=NC43)CC2OP(OCCC#N)N(C(C)C)C(C)C)(c2ccccc2)c2ccc(OC)cc2)cc1. The Kier molecular flexibility index (Phi) is 18.4. The molecule has 1 saturated heterocycles. The fourth-order valence-corrected chi connectivity index (χ4v) is 12.5. The van der Waals surface area contributed by atoms with Gasteiger partial charge in [-0.05, 0) is 97.3 Å². The highest BCUT2D eigenvalue weighted by atomic mass is 31.2. The maximum Gasteiger partial charge on any atom is 0.409 e. The van der Waals surface area contributed by atoms with E-state index in [1.165, 1.54) is 4.90 Å². The lowest BCUT2D eigenvalue weighted by molar-refractivity contribution is -0.124. The smallest absolute Gasteiger partial charge is 0.409 e. The van der Waals surface area contributed by atoms with Crippen molar-refractivity contribution in [2.75, 3.05) is 47.6 Å². The molecule has 0 aromatic heterocycles. The molecule has 6 atom stereocenters. The van der Waals surface area contributed by atoms with Crippen LogP contribution in [0, 0.1) is 11.3 Å². The van der Waals surface area contributed by atoms with E-state index in [0.717, 1.165) is 38.9 Å². The van der Waals surface area contributed by atoms with Gasteiger partial charge in [-0.25, -0.2) is 14.5 Å². The van der Waals surface area contributed by atoms with Gasteiger partial charge in [0.15, 0.2) is 12.2 Å². The van der Waals surface area contributed by atoms with Gasteiger partial charge in [0, 0.05) is 44.4 Å². The lowest BCUT2D eigenvalue weighted by atomic mass is 9.80. The van der Waals surface area contributed by atoms with Crippen LogP contribution in [0.2, 0.25) is 0 Å². The van der Waals surface area contributed by atoms with Gasteiger partial charge in [-0.3, -0.25) is 25.2 Å². The standard InChI is InChI=1S/C60H69N8O10P/c1-39(2)68(40(3)4)79(76-34-16-32-61)78-51-35-54(77-52(51)37-75-60(41-17-9-8-10-18-41,42-24-28-44(72-6)29-25-42)43-26-30-45(73-7)31-27-43)67-38-62-55-56(67)64-58(65-57(55)70)63-53(69)23-15-33-66(5)59(71)74-36-50-48-21-13-11-19-46(48)47-20-12-14-22-49(47)50/h8-14,17-22,24-31,38-40,50-52,54-56H,15-16,23,33-37H2,1-7H3,(H2,63,64,65,69,70)/t51?,52-,54-,55?,56?,79?/m1/s1. The minimum absolute atomic E-state index is 0.0134. The van der Waals surface area contributed by atoms with Crippen LogP contribution in [-0.4, -0.2) is 135 Å². The van der Waals surface area contributed by atoms with Gasteiger partial charge in [-0.15, -0.1) is 0 Å². The van der Waals surface area contributed by atoms with Crippen LogP contribution in [-0.2, 0) is 38.4 Å². The van der Waals surface area contributed by atoms with Crippen molar-refractivity contribution in [1.29, 1.82) is 5.26 Å². The van der Waals surface area contributed by atoms with E-state index in [1.54, 1.807) is 32.5 Å². The number of benzene rings is 5. The van der Waals surface area contributed by atoms with Gasteiger partial charge in [0.2, 0.25) is 11.9 Å². The Balaban J connectivity index is 0.919. The fraction of sp³-hybridized carbons (Fsp3) is 0.400. The Labute approximate surface area is 463 Å². The molecule has 3 heterocycles. The first-order valence-electron chi connectivity index (χ1n) is 26.8. The number of guanidine groups is 1. The summed E-state index contributed by atoms with van der Waals surface area (Å²) in [6, 6.07) is 43.2. The molecule has 414 valence electrons. The number of nitrogens with zero attached hydrogens (tertiary/aromatic N) is 6. The van der Waals surface area contributed by atoms with Crippen LogP contribution in [0.4, 0.5) is 4.79 Å². The molecule has 3 aliphatic heterocycles. The first-order chi connectivity index (χ1) is 38.3. The lowest BCUT2D eigenvalue weighted by Gasteiger charge is -2.39. The highest BCUT2D eigenvalue weighted by Gasteiger charge is 2.50. The molecule has 79 heavy (non-hydrogen) atoms. The van der Waals surface area contributed by atoms with Gasteiger partial charge in [0.05, 0.1) is 52.4 Å². The Morgan fingerprint density at radius 1 is 0.848 bits per heavy atom. The maximum absolute atomic E-state index is 13.7. The number of hydrogen-bond acceptors (Lipinski definition) is 15. The summed E-state index contributed by atoms with van der Waals surface area (Å²) in [6.07, 6.45) is -1.06. The Hall–Kier alpha value is -7.23. The van der Waals surface area contributed by atoms with Crippen molar-refractivity contribution in [1.82, 2.24) is 25.1 Å². The summed E-state index contributed by atoms with van der Waals surface area (Å²) in [6.45, 7) is 8.93. The number of aliphatic imine (C=N–C) groups is 2. The van der Waals surface area contributed by atoms with E-state index >= 15 is 0 Å². The summed E-state index contributed by atoms with van der Waals surface area (Å²) in [7, 11) is 3.15. The zero-order valence-corrected chi connectivity index (χ0v) is 46.6. The van der Waals surface area contributed by atoms with Crippen LogP contribution in [0.3, 0.4) is 0 Å². The molecule has 3 amide bonds. The zero-order valence-electron chi connectivity index (χ0n) is 45.7. The normalized spacial score (nSPS) is 19.8. The molecule has 5 aromatic carbocycles. The van der Waals surface area contributed by atoms with E-state index in [4.69, 9.17) is 37.7 Å². The molecule has 4 unspecified atom stereocenters. The van der Waals surface area contributed by atoms with E-state index in [-0.39, 0.29) is 69.6 Å². The quantitative estimate of drug-likeness (QED) is 0.0357. The number of methoxy groups -OCH3 is 2. The van der Waals surface area contributed by atoms with Crippen LogP contribution in [0.25, 0.3) is 11.1 Å². The second-order valence-electron chi connectivity index (χ2n) is 20.3. The van der Waals surface area contributed by atoms with Crippen molar-refractivity contribution < 1.29 is 47.1 Å². The summed E-state index contributed by atoms with van der Waals surface area (Å²) in [5, 5.41) is 15.0. The van der Waals surface area contributed by atoms with Crippen LogP contribution < -0.4 is 20.1 Å². The summed E-state index contributed by atoms with van der Waals surface area (Å²) in [5.41, 5.74) is 5.87. The van der Waals surface area contributed by atoms with Crippen molar-refractivity contribution in [3.05, 3.63) is 155 Å². The van der Waals surface area contributed by atoms with E-state index in [1.807, 2.05) is 103 Å². The van der Waals surface area contributed by atoms with Gasteiger partial charge >= 0.3 is 6.09 Å². The Bertz CT molecular complexity index is 2910. The van der Waals surface area contributed by atoms with Gasteiger partial charge in [-0.2, -0.15) is 5.26 Å². The third-order valence-corrected chi connectivity index (χ3v) is 16.7. The number of rotatable bonds is 23. The van der Waals surface area contributed by atoms with E-state index < -0.39 is 62.7 Å². The molecule has 1 aliphatic carbocycles. The minimum Gasteiger partial charge on any atom is -0.497 e. The van der Waals surface area contributed by atoms with E-state index in [2.05, 4.69) is 78.3 Å². The van der Waals surface area contributed by atoms with Crippen LogP contribution in [0.5, 0.6) is 11.5 Å². The number of nitriles is 1. The first-order valence-corrected chi connectivity index (χ1v) is 27.9. The largest absolute Gasteiger partial charge is 0.497 e. The third-order valence-electron chi connectivity index (χ3n) is 14.6. The molecular formula is C60H69N8O10P. The second-order valence-corrected chi connectivity index (χ2v) is 21.7. The molecule has 9 rings (SSSR count). The van der Waals surface area contributed by atoms with Crippen LogP contribution >= 0.6 is 8.53 Å². The number of carbonyl (C=O) groups excluding carboxylic acids is 3. The molecule has 2 N–H and O–H groups in total. The lowest BCUT2D eigenvalue weighted by Crippen LogP contribution is -2.57. The molecule has 18 nitrogen and oxygen atoms in total. The summed E-state index contributed by atoms with van der Waals surface area (Å²) in [4.78, 5) is 53.0. The maximum atomic E-state index is 13.7. The molecule has 0 radical (unpaired) electrons. The van der Waals surface area contributed by atoms with Crippen LogP contribution in [0.1, 0.15) is 87.1 Å². The molecule has 19 heteroatoms. The average molecular weight is 1090 g/mol. The average Bonchev–Trinajstić information content (AvgIpc) is 4.39. The molecule has 0 spiro atoms. The number of fused-ring (bicyclic) bond motifs is 4. The van der Waals surface area contributed by atoms with Gasteiger partial charge in [-0.1, -0.05) is 103 Å². The first kappa shape index (κ1) is 56.5. The predicted octanol–water partition coefficient (Wildman–Crippen LogP) is 9.09. The number of hydrogen-bond donors (Lipinski definition) is 2. The fourth-order valence-electron chi connectivity index (χ4n) is 10.8.